The molecule has 55 heavy (non-hydrogen) atoms. The number of imide groups is 1. The van der Waals surface area contributed by atoms with Crippen LogP contribution in [0.3, 0.4) is 0 Å². The maximum atomic E-state index is 13.3. The van der Waals surface area contributed by atoms with E-state index in [2.05, 4.69) is 79.5 Å². The molecule has 3 amide bonds. The van der Waals surface area contributed by atoms with Crippen molar-refractivity contribution >= 4 is 28.9 Å². The summed E-state index contributed by atoms with van der Waals surface area (Å²) in [6, 6.07) is 30.5. The molecule has 0 saturated carbocycles. The summed E-state index contributed by atoms with van der Waals surface area (Å²) in [6.45, 7) is 5.33. The van der Waals surface area contributed by atoms with Gasteiger partial charge >= 0.3 is 0 Å². The minimum atomic E-state index is -0.377. The summed E-state index contributed by atoms with van der Waals surface area (Å²) in [7, 11) is 0. The second-order valence-electron chi connectivity index (χ2n) is 14.5. The van der Waals surface area contributed by atoms with Crippen molar-refractivity contribution < 1.29 is 18.8 Å². The van der Waals surface area contributed by atoms with Gasteiger partial charge in [0.25, 0.3) is 5.91 Å². The molecule has 10 nitrogen and oxygen atoms in total. The van der Waals surface area contributed by atoms with Crippen LogP contribution >= 0.6 is 0 Å². The van der Waals surface area contributed by atoms with Gasteiger partial charge in [0.05, 0.1) is 11.2 Å². The predicted octanol–water partition coefficient (Wildman–Crippen LogP) is 7.04. The van der Waals surface area contributed by atoms with Gasteiger partial charge in [-0.1, -0.05) is 48.5 Å². The van der Waals surface area contributed by atoms with E-state index in [1.807, 2.05) is 41.9 Å². The first kappa shape index (κ1) is 35.8. The van der Waals surface area contributed by atoms with Crippen LogP contribution < -0.4 is 16.0 Å². The molecule has 2 fully saturated rings. The van der Waals surface area contributed by atoms with E-state index < -0.39 is 0 Å². The van der Waals surface area contributed by atoms with Crippen LogP contribution in [0.2, 0.25) is 0 Å². The van der Waals surface area contributed by atoms with Crippen molar-refractivity contribution in [1.82, 2.24) is 30.1 Å². The van der Waals surface area contributed by atoms with Crippen LogP contribution in [0.4, 0.5) is 10.1 Å². The first-order valence-electron chi connectivity index (χ1n) is 18.7. The first-order valence-corrected chi connectivity index (χ1v) is 18.7. The van der Waals surface area contributed by atoms with Gasteiger partial charge in [0, 0.05) is 48.1 Å². The molecule has 0 aliphatic carbocycles. The van der Waals surface area contributed by atoms with Gasteiger partial charge < -0.3 is 10.6 Å². The fourth-order valence-corrected chi connectivity index (χ4v) is 7.60. The summed E-state index contributed by atoms with van der Waals surface area (Å²) in [6.07, 6.45) is 6.66. The predicted molar refractivity (Wildman–Crippen MR) is 210 cm³/mol. The summed E-state index contributed by atoms with van der Waals surface area (Å²) in [5, 5.41) is 13.1. The number of piperidine rings is 2. The van der Waals surface area contributed by atoms with Crippen LogP contribution in [0.25, 0.3) is 27.9 Å². The van der Waals surface area contributed by atoms with Crippen LogP contribution in [0.5, 0.6) is 0 Å². The Morgan fingerprint density at radius 1 is 0.873 bits per heavy atom. The minimum Gasteiger partial charge on any atom is -0.374 e. The maximum Gasteiger partial charge on any atom is 0.251 e. The van der Waals surface area contributed by atoms with Gasteiger partial charge in [0.2, 0.25) is 11.8 Å². The minimum absolute atomic E-state index is 0.206. The van der Waals surface area contributed by atoms with Gasteiger partial charge in [0.15, 0.2) is 0 Å². The molecular weight excluding hydrogens is 694 g/mol. The smallest absolute Gasteiger partial charge is 0.251 e. The average molecular weight is 736 g/mol. The van der Waals surface area contributed by atoms with Crippen LogP contribution in [-0.4, -0.2) is 56.4 Å². The molecule has 2 saturated heterocycles. The summed E-state index contributed by atoms with van der Waals surface area (Å²) in [5.41, 5.74) is 10.8. The van der Waals surface area contributed by atoms with E-state index in [1.165, 1.54) is 35.4 Å². The number of nitrogens with zero attached hydrogens (tertiary/aromatic N) is 4. The Labute approximate surface area is 318 Å². The van der Waals surface area contributed by atoms with Crippen molar-refractivity contribution in [3.05, 3.63) is 143 Å². The Hall–Kier alpha value is -6.20. The zero-order valence-electron chi connectivity index (χ0n) is 30.6. The summed E-state index contributed by atoms with van der Waals surface area (Å²) in [5.74, 6) is -0.587. The zero-order valence-corrected chi connectivity index (χ0v) is 30.6. The fraction of sp³-hybridized carbons (Fsp3) is 0.250. The molecule has 4 aromatic carbocycles. The molecule has 11 heteroatoms. The van der Waals surface area contributed by atoms with Gasteiger partial charge in [-0.3, -0.25) is 24.6 Å². The molecule has 1 unspecified atom stereocenters. The van der Waals surface area contributed by atoms with E-state index in [0.717, 1.165) is 77.2 Å². The van der Waals surface area contributed by atoms with E-state index in [4.69, 9.17) is 0 Å². The first-order chi connectivity index (χ1) is 26.8. The van der Waals surface area contributed by atoms with Crippen molar-refractivity contribution in [2.45, 2.75) is 57.7 Å². The number of benzene rings is 4. The van der Waals surface area contributed by atoms with E-state index >= 15 is 0 Å². The second kappa shape index (κ2) is 15.6. The molecule has 2 aliphatic heterocycles. The lowest BCUT2D eigenvalue weighted by Gasteiger charge is -2.32. The molecule has 6 aromatic rings. The molecule has 278 valence electrons. The number of aryl methyl sites for hydroxylation is 1. The van der Waals surface area contributed by atoms with Gasteiger partial charge in [-0.25, -0.2) is 13.9 Å². The summed E-state index contributed by atoms with van der Waals surface area (Å²) in [4.78, 5) is 43.3. The highest BCUT2D eigenvalue weighted by molar-refractivity contribution is 6.01. The Kier molecular flexibility index (Phi) is 10.2. The molecule has 0 spiro atoms. The third-order valence-corrected chi connectivity index (χ3v) is 10.8. The number of halogens is 1. The van der Waals surface area contributed by atoms with Crippen LogP contribution in [0.1, 0.15) is 64.2 Å². The van der Waals surface area contributed by atoms with E-state index in [0.29, 0.717) is 30.9 Å². The lowest BCUT2D eigenvalue weighted by atomic mass is 9.89. The highest BCUT2D eigenvalue weighted by Crippen LogP contribution is 2.32. The largest absolute Gasteiger partial charge is 0.374 e. The monoisotopic (exact) mass is 735 g/mol. The molecule has 4 heterocycles. The number of nitrogens with one attached hydrogen (secondary N) is 3. The third-order valence-electron chi connectivity index (χ3n) is 10.8. The SMILES string of the molecule is Cc1cc(-c2ncnn3cc(-c4ccc(CN5CCC(c6ccc(NC7CCC(=O)NC7=O)cc6)CC5)cc4)cc23)ccc1CNC(=O)c1ccc(F)cc1. The zero-order chi connectivity index (χ0) is 37.9. The number of anilines is 1. The van der Waals surface area contributed by atoms with Crippen molar-refractivity contribution in [3.63, 3.8) is 0 Å². The molecule has 2 aromatic heterocycles. The van der Waals surface area contributed by atoms with Gasteiger partial charge in [-0.15, -0.1) is 0 Å². The molecule has 3 N–H and O–H groups in total. The quantitative estimate of drug-likeness (QED) is 0.129. The number of aromatic nitrogens is 3. The Bertz CT molecular complexity index is 2350. The molecule has 8 rings (SSSR count). The van der Waals surface area contributed by atoms with Crippen LogP contribution in [0, 0.1) is 12.7 Å². The maximum absolute atomic E-state index is 13.3. The van der Waals surface area contributed by atoms with E-state index in [9.17, 15) is 18.8 Å². The number of amides is 3. The Morgan fingerprint density at radius 3 is 2.35 bits per heavy atom. The second-order valence-corrected chi connectivity index (χ2v) is 14.5. The van der Waals surface area contributed by atoms with Crippen molar-refractivity contribution in [2.24, 2.45) is 0 Å². The Balaban J connectivity index is 0.861. The average Bonchev–Trinajstić information content (AvgIpc) is 3.64. The van der Waals surface area contributed by atoms with E-state index in [-0.39, 0.29) is 29.6 Å². The fourth-order valence-electron chi connectivity index (χ4n) is 7.60. The number of carbonyl (C=O) groups is 3. The van der Waals surface area contributed by atoms with Gasteiger partial charge in [0.1, 0.15) is 18.2 Å². The number of carbonyl (C=O) groups excluding carboxylic acids is 3. The third kappa shape index (κ3) is 8.17. The lowest BCUT2D eigenvalue weighted by molar-refractivity contribution is -0.133. The molecular formula is C44H42FN7O3. The summed E-state index contributed by atoms with van der Waals surface area (Å²) < 4.78 is 15.1. The molecule has 1 atom stereocenters. The van der Waals surface area contributed by atoms with Crippen LogP contribution in [-0.2, 0) is 22.7 Å². The lowest BCUT2D eigenvalue weighted by Crippen LogP contribution is -2.47. The summed E-state index contributed by atoms with van der Waals surface area (Å²) >= 11 is 0. The van der Waals surface area contributed by atoms with Crippen molar-refractivity contribution in [2.75, 3.05) is 18.4 Å². The van der Waals surface area contributed by atoms with Crippen molar-refractivity contribution in [3.8, 4) is 22.4 Å². The molecule has 2 aliphatic rings. The van der Waals surface area contributed by atoms with Crippen LogP contribution in [0.15, 0.2) is 110 Å². The van der Waals surface area contributed by atoms with E-state index in [1.54, 1.807) is 6.33 Å². The topological polar surface area (TPSA) is 121 Å². The normalized spacial score (nSPS) is 16.6. The Morgan fingerprint density at radius 2 is 1.62 bits per heavy atom. The molecule has 0 bridgehead atoms. The highest BCUT2D eigenvalue weighted by atomic mass is 19.1. The standard InChI is InChI=1S/C44H42FN7O3/c1-28-22-34(6-7-35(28)24-46-43(54)33-8-12-37(45)13-9-33)42-40-23-36(26-52(40)48-27-47-42)31-4-2-29(3-5-31)25-51-20-18-32(19-21-51)30-10-14-38(15-11-30)49-39-16-17-41(53)50-44(39)55/h2-15,22-23,26-27,32,39,49H,16-21,24-25H2,1H3,(H,46,54)(H,50,53,55). The number of fused-ring (bicyclic) bond motifs is 1. The highest BCUT2D eigenvalue weighted by Gasteiger charge is 2.27. The molecule has 0 radical (unpaired) electrons. The van der Waals surface area contributed by atoms with Crippen molar-refractivity contribution in [1.29, 1.82) is 0 Å². The van der Waals surface area contributed by atoms with Gasteiger partial charge in [-0.05, 0) is 122 Å². The number of hydrogen-bond donors (Lipinski definition) is 3. The van der Waals surface area contributed by atoms with Gasteiger partial charge in [-0.2, -0.15) is 5.10 Å². The number of hydrogen-bond acceptors (Lipinski definition) is 7. The number of rotatable bonds is 10. The number of likely N-dealkylation sites (tertiary alicyclic amines) is 1.